The lowest BCUT2D eigenvalue weighted by Crippen LogP contribution is -2.20. The van der Waals surface area contributed by atoms with Crippen LogP contribution in [0.25, 0.3) is 0 Å². The molecule has 0 atom stereocenters. The number of amides is 2. The van der Waals surface area contributed by atoms with Crippen molar-refractivity contribution in [2.24, 2.45) is 0 Å². The summed E-state index contributed by atoms with van der Waals surface area (Å²) >= 11 is 0. The van der Waals surface area contributed by atoms with Gasteiger partial charge in [0.2, 0.25) is 0 Å². The second kappa shape index (κ2) is 5.60. The fourth-order valence-electron chi connectivity index (χ4n) is 1.70. The fraction of sp³-hybridized carbons (Fsp3) is 0.231. The van der Waals surface area contributed by atoms with Gasteiger partial charge in [-0.05, 0) is 25.5 Å². The van der Waals surface area contributed by atoms with Gasteiger partial charge in [0.25, 0.3) is 0 Å². The number of halogens is 1. The lowest BCUT2D eigenvalue weighted by atomic mass is 10.2. The van der Waals surface area contributed by atoms with E-state index in [1.807, 2.05) is 6.92 Å². The standard InChI is InChI=1S/C13H15FN4O2/c1-7-4-11(20-3)9(14)6-10(7)15-13(19)16-12-5-8(2)17-18-12/h4-6H,1-3H3,(H3,15,16,17,18,19). The first kappa shape index (κ1) is 13.9. The van der Waals surface area contributed by atoms with Crippen molar-refractivity contribution in [3.63, 3.8) is 0 Å². The Kier molecular flexibility index (Phi) is 3.88. The average Bonchev–Trinajstić information content (AvgIpc) is 2.78. The van der Waals surface area contributed by atoms with E-state index < -0.39 is 11.8 Å². The summed E-state index contributed by atoms with van der Waals surface area (Å²) in [6.07, 6.45) is 0. The van der Waals surface area contributed by atoms with Gasteiger partial charge in [-0.25, -0.2) is 9.18 Å². The van der Waals surface area contributed by atoms with Crippen LogP contribution in [0.5, 0.6) is 5.75 Å². The van der Waals surface area contributed by atoms with Crippen LogP contribution in [-0.2, 0) is 0 Å². The molecule has 106 valence electrons. The molecule has 1 heterocycles. The van der Waals surface area contributed by atoms with Crippen LogP contribution < -0.4 is 15.4 Å². The van der Waals surface area contributed by atoms with Gasteiger partial charge in [-0.15, -0.1) is 0 Å². The van der Waals surface area contributed by atoms with Gasteiger partial charge in [-0.2, -0.15) is 5.10 Å². The Bertz CT molecular complexity index is 639. The molecule has 2 aromatic rings. The fourth-order valence-corrected chi connectivity index (χ4v) is 1.70. The Balaban J connectivity index is 2.09. The number of carbonyl (C=O) groups is 1. The highest BCUT2D eigenvalue weighted by molar-refractivity contribution is 5.99. The van der Waals surface area contributed by atoms with Crippen LogP contribution in [0.15, 0.2) is 18.2 Å². The zero-order chi connectivity index (χ0) is 14.7. The Morgan fingerprint density at radius 1 is 1.30 bits per heavy atom. The molecule has 2 amide bonds. The number of H-pyrrole nitrogens is 1. The first-order valence-corrected chi connectivity index (χ1v) is 5.93. The molecule has 20 heavy (non-hydrogen) atoms. The highest BCUT2D eigenvalue weighted by atomic mass is 19.1. The third-order valence-electron chi connectivity index (χ3n) is 2.69. The van der Waals surface area contributed by atoms with Gasteiger partial charge >= 0.3 is 6.03 Å². The number of nitrogens with zero attached hydrogens (tertiary/aromatic N) is 1. The molecule has 0 saturated carbocycles. The molecule has 0 aliphatic heterocycles. The summed E-state index contributed by atoms with van der Waals surface area (Å²) in [5.74, 6) is -0.00738. The number of benzene rings is 1. The number of nitrogens with one attached hydrogen (secondary N) is 3. The second-order valence-corrected chi connectivity index (χ2v) is 4.32. The molecule has 2 rings (SSSR count). The largest absolute Gasteiger partial charge is 0.494 e. The lowest BCUT2D eigenvalue weighted by molar-refractivity contribution is 0.262. The van der Waals surface area contributed by atoms with Gasteiger partial charge < -0.3 is 10.1 Å². The van der Waals surface area contributed by atoms with E-state index in [-0.39, 0.29) is 5.75 Å². The molecule has 7 heteroatoms. The average molecular weight is 278 g/mol. The molecule has 0 unspecified atom stereocenters. The van der Waals surface area contributed by atoms with Crippen LogP contribution in [0.1, 0.15) is 11.3 Å². The normalized spacial score (nSPS) is 10.2. The highest BCUT2D eigenvalue weighted by Crippen LogP contribution is 2.25. The molecular weight excluding hydrogens is 263 g/mol. The van der Waals surface area contributed by atoms with Crippen molar-refractivity contribution in [3.8, 4) is 5.75 Å². The maximum absolute atomic E-state index is 13.6. The highest BCUT2D eigenvalue weighted by Gasteiger charge is 2.11. The number of urea groups is 1. The molecular formula is C13H15FN4O2. The van der Waals surface area contributed by atoms with Crippen molar-refractivity contribution >= 4 is 17.5 Å². The van der Waals surface area contributed by atoms with Crippen LogP contribution in [0.4, 0.5) is 20.7 Å². The van der Waals surface area contributed by atoms with E-state index in [0.717, 1.165) is 5.69 Å². The van der Waals surface area contributed by atoms with Gasteiger partial charge in [0, 0.05) is 23.5 Å². The van der Waals surface area contributed by atoms with Crippen LogP contribution in [0, 0.1) is 19.7 Å². The molecule has 0 fully saturated rings. The molecule has 0 spiro atoms. The molecule has 3 N–H and O–H groups in total. The van der Waals surface area contributed by atoms with E-state index in [1.165, 1.54) is 19.2 Å². The first-order chi connectivity index (χ1) is 9.49. The molecule has 0 bridgehead atoms. The Morgan fingerprint density at radius 2 is 2.05 bits per heavy atom. The molecule has 0 aliphatic carbocycles. The third-order valence-corrected chi connectivity index (χ3v) is 2.69. The maximum Gasteiger partial charge on any atom is 0.324 e. The molecule has 0 saturated heterocycles. The Hall–Kier alpha value is -2.57. The zero-order valence-electron chi connectivity index (χ0n) is 11.4. The van der Waals surface area contributed by atoms with Crippen molar-refractivity contribution in [1.29, 1.82) is 0 Å². The molecule has 0 aliphatic rings. The van der Waals surface area contributed by atoms with E-state index in [2.05, 4.69) is 20.8 Å². The van der Waals surface area contributed by atoms with E-state index in [9.17, 15) is 9.18 Å². The quantitative estimate of drug-likeness (QED) is 0.807. The van der Waals surface area contributed by atoms with Gasteiger partial charge in [0.15, 0.2) is 17.4 Å². The predicted molar refractivity (Wildman–Crippen MR) is 73.7 cm³/mol. The van der Waals surface area contributed by atoms with Crippen molar-refractivity contribution in [1.82, 2.24) is 10.2 Å². The van der Waals surface area contributed by atoms with Crippen molar-refractivity contribution in [2.45, 2.75) is 13.8 Å². The van der Waals surface area contributed by atoms with E-state index >= 15 is 0 Å². The minimum Gasteiger partial charge on any atom is -0.494 e. The van der Waals surface area contributed by atoms with Gasteiger partial charge in [-0.3, -0.25) is 10.4 Å². The van der Waals surface area contributed by atoms with Crippen molar-refractivity contribution in [3.05, 3.63) is 35.3 Å². The first-order valence-electron chi connectivity index (χ1n) is 5.93. The van der Waals surface area contributed by atoms with Crippen LogP contribution in [0.2, 0.25) is 0 Å². The number of ether oxygens (including phenoxy) is 1. The van der Waals surface area contributed by atoms with Gasteiger partial charge in [0.05, 0.1) is 7.11 Å². The summed E-state index contributed by atoms with van der Waals surface area (Å²) < 4.78 is 18.5. The summed E-state index contributed by atoms with van der Waals surface area (Å²) in [4.78, 5) is 11.8. The summed E-state index contributed by atoms with van der Waals surface area (Å²) in [6, 6.07) is 3.91. The number of aromatic amines is 1. The smallest absolute Gasteiger partial charge is 0.324 e. The molecule has 1 aromatic carbocycles. The Labute approximate surface area is 115 Å². The third kappa shape index (κ3) is 3.05. The minimum atomic E-state index is -0.538. The topological polar surface area (TPSA) is 79.0 Å². The number of aromatic nitrogens is 2. The monoisotopic (exact) mass is 278 g/mol. The number of anilines is 2. The predicted octanol–water partition coefficient (Wildman–Crippen LogP) is 2.82. The summed E-state index contributed by atoms with van der Waals surface area (Å²) in [5.41, 5.74) is 1.89. The molecule has 1 aromatic heterocycles. The van der Waals surface area contributed by atoms with Crippen LogP contribution in [0.3, 0.4) is 0 Å². The second-order valence-electron chi connectivity index (χ2n) is 4.32. The number of aryl methyl sites for hydroxylation is 2. The summed E-state index contributed by atoms with van der Waals surface area (Å²) in [6.45, 7) is 3.56. The van der Waals surface area contributed by atoms with Gasteiger partial charge in [0.1, 0.15) is 0 Å². The number of hydrogen-bond donors (Lipinski definition) is 3. The van der Waals surface area contributed by atoms with Crippen molar-refractivity contribution < 1.29 is 13.9 Å². The van der Waals surface area contributed by atoms with Crippen LogP contribution in [-0.4, -0.2) is 23.3 Å². The van der Waals surface area contributed by atoms with E-state index in [1.54, 1.807) is 13.0 Å². The van der Waals surface area contributed by atoms with Crippen molar-refractivity contribution in [2.75, 3.05) is 17.7 Å². The minimum absolute atomic E-state index is 0.136. The lowest BCUT2D eigenvalue weighted by Gasteiger charge is -2.11. The van der Waals surface area contributed by atoms with E-state index in [0.29, 0.717) is 17.1 Å². The number of methoxy groups -OCH3 is 1. The zero-order valence-corrected chi connectivity index (χ0v) is 11.4. The summed E-state index contributed by atoms with van der Waals surface area (Å²) in [5, 5.41) is 11.7. The maximum atomic E-state index is 13.6. The SMILES string of the molecule is COc1cc(C)c(NC(=O)Nc2cc(C)[nH]n2)cc1F. The number of hydrogen-bond acceptors (Lipinski definition) is 3. The molecule has 6 nitrogen and oxygen atoms in total. The van der Waals surface area contributed by atoms with Crippen LogP contribution >= 0.6 is 0 Å². The summed E-state index contributed by atoms with van der Waals surface area (Å²) in [7, 11) is 1.39. The Morgan fingerprint density at radius 3 is 2.65 bits per heavy atom. The molecule has 0 radical (unpaired) electrons. The number of carbonyl (C=O) groups excluding carboxylic acids is 1. The number of rotatable bonds is 3. The van der Waals surface area contributed by atoms with E-state index in [4.69, 9.17) is 4.74 Å². The van der Waals surface area contributed by atoms with Gasteiger partial charge in [-0.1, -0.05) is 0 Å².